The number of methoxy groups -OCH3 is 1. The van der Waals surface area contributed by atoms with E-state index < -0.39 is 0 Å². The molecule has 1 saturated carbocycles. The van der Waals surface area contributed by atoms with E-state index in [0.29, 0.717) is 21.6 Å². The highest BCUT2D eigenvalue weighted by atomic mass is 79.9. The second-order valence-electron chi connectivity index (χ2n) is 7.01. The van der Waals surface area contributed by atoms with Gasteiger partial charge in [-0.05, 0) is 47.3 Å². The maximum Gasteiger partial charge on any atom is 0.124 e. The first-order valence-electron chi connectivity index (χ1n) is 6.93. The number of hydrogen-bond acceptors (Lipinski definition) is 1. The summed E-state index contributed by atoms with van der Waals surface area (Å²) in [6.07, 6.45) is 0. The van der Waals surface area contributed by atoms with Gasteiger partial charge in [0.05, 0.1) is 7.11 Å². The van der Waals surface area contributed by atoms with Crippen LogP contribution in [0, 0.1) is 30.6 Å². The van der Waals surface area contributed by atoms with E-state index in [4.69, 9.17) is 4.74 Å². The van der Waals surface area contributed by atoms with E-state index in [-0.39, 0.29) is 0 Å². The SMILES string of the molecule is COc1c(C)cc(C(Br)C2C(C)(C)C2(C)C)cc1C. The largest absolute Gasteiger partial charge is 0.496 e. The Morgan fingerprint density at radius 1 is 1.05 bits per heavy atom. The Bertz CT molecular complexity index is 465. The summed E-state index contributed by atoms with van der Waals surface area (Å²) >= 11 is 3.94. The molecule has 0 aromatic heterocycles. The molecule has 19 heavy (non-hydrogen) atoms. The second-order valence-corrected chi connectivity index (χ2v) is 8.00. The molecular weight excluding hydrogens is 300 g/mol. The van der Waals surface area contributed by atoms with E-state index in [0.717, 1.165) is 5.75 Å². The predicted molar refractivity (Wildman–Crippen MR) is 85.2 cm³/mol. The maximum atomic E-state index is 5.45. The first-order valence-corrected chi connectivity index (χ1v) is 7.85. The summed E-state index contributed by atoms with van der Waals surface area (Å²) in [5.41, 5.74) is 4.60. The van der Waals surface area contributed by atoms with E-state index in [1.165, 1.54) is 16.7 Å². The molecule has 1 aromatic carbocycles. The number of halogens is 1. The van der Waals surface area contributed by atoms with Gasteiger partial charge in [0.25, 0.3) is 0 Å². The van der Waals surface area contributed by atoms with Crippen LogP contribution in [0.15, 0.2) is 12.1 Å². The summed E-state index contributed by atoms with van der Waals surface area (Å²) < 4.78 is 5.45. The highest BCUT2D eigenvalue weighted by Crippen LogP contribution is 2.74. The molecule has 2 heteroatoms. The van der Waals surface area contributed by atoms with E-state index in [1.807, 2.05) is 0 Å². The van der Waals surface area contributed by atoms with Gasteiger partial charge in [-0.15, -0.1) is 0 Å². The molecule has 1 aliphatic carbocycles. The molecule has 0 bridgehead atoms. The Morgan fingerprint density at radius 2 is 1.47 bits per heavy atom. The lowest BCUT2D eigenvalue weighted by Crippen LogP contribution is -2.01. The van der Waals surface area contributed by atoms with Crippen molar-refractivity contribution in [3.8, 4) is 5.75 Å². The van der Waals surface area contributed by atoms with Gasteiger partial charge in [-0.25, -0.2) is 0 Å². The first kappa shape index (κ1) is 14.9. The quantitative estimate of drug-likeness (QED) is 0.673. The lowest BCUT2D eigenvalue weighted by molar-refractivity contribution is 0.408. The van der Waals surface area contributed by atoms with Crippen molar-refractivity contribution in [1.82, 2.24) is 0 Å². The van der Waals surface area contributed by atoms with Gasteiger partial charge in [0.15, 0.2) is 0 Å². The minimum atomic E-state index is 0.392. The Kier molecular flexibility index (Phi) is 3.54. The summed E-state index contributed by atoms with van der Waals surface area (Å²) in [6, 6.07) is 4.52. The summed E-state index contributed by atoms with van der Waals surface area (Å²) in [6.45, 7) is 13.7. The van der Waals surface area contributed by atoms with Gasteiger partial charge in [-0.2, -0.15) is 0 Å². The molecule has 2 rings (SSSR count). The highest BCUT2D eigenvalue weighted by molar-refractivity contribution is 9.09. The van der Waals surface area contributed by atoms with Crippen LogP contribution in [0.5, 0.6) is 5.75 Å². The molecule has 0 spiro atoms. The molecule has 0 N–H and O–H groups in total. The molecule has 1 fully saturated rings. The van der Waals surface area contributed by atoms with Gasteiger partial charge in [0.1, 0.15) is 5.75 Å². The smallest absolute Gasteiger partial charge is 0.124 e. The molecule has 0 aliphatic heterocycles. The average Bonchev–Trinajstić information content (AvgIpc) is 2.68. The number of hydrogen-bond donors (Lipinski definition) is 0. The van der Waals surface area contributed by atoms with Gasteiger partial charge < -0.3 is 4.74 Å². The average molecular weight is 325 g/mol. The maximum absolute atomic E-state index is 5.45. The summed E-state index contributed by atoms with van der Waals surface area (Å²) in [5, 5.41) is 0. The van der Waals surface area contributed by atoms with Crippen LogP contribution in [0.25, 0.3) is 0 Å². The fourth-order valence-corrected chi connectivity index (χ4v) is 5.22. The Morgan fingerprint density at radius 3 is 1.79 bits per heavy atom. The minimum Gasteiger partial charge on any atom is -0.496 e. The zero-order valence-electron chi connectivity index (χ0n) is 13.1. The Labute approximate surface area is 125 Å². The monoisotopic (exact) mass is 324 g/mol. The van der Waals surface area contributed by atoms with Crippen molar-refractivity contribution in [3.05, 3.63) is 28.8 Å². The third kappa shape index (κ3) is 2.12. The standard InChI is InChI=1S/C17H25BrO/c1-10-8-12(9-11(2)14(10)19-7)13(18)15-16(3,4)17(15,5)6/h8-9,13,15H,1-7H3. The number of benzene rings is 1. The van der Waals surface area contributed by atoms with Gasteiger partial charge in [-0.1, -0.05) is 55.8 Å². The van der Waals surface area contributed by atoms with Crippen molar-refractivity contribution in [3.63, 3.8) is 0 Å². The highest BCUT2D eigenvalue weighted by Gasteiger charge is 2.66. The molecule has 1 nitrogen and oxygen atoms in total. The van der Waals surface area contributed by atoms with Crippen molar-refractivity contribution >= 4 is 15.9 Å². The predicted octanol–water partition coefficient (Wildman–Crippen LogP) is 5.43. The van der Waals surface area contributed by atoms with E-state index in [2.05, 4.69) is 69.6 Å². The molecule has 1 aliphatic rings. The van der Waals surface area contributed by atoms with Crippen LogP contribution in [0.1, 0.15) is 49.2 Å². The number of alkyl halides is 1. The van der Waals surface area contributed by atoms with Crippen LogP contribution < -0.4 is 4.74 Å². The fourth-order valence-electron chi connectivity index (χ4n) is 3.64. The summed E-state index contributed by atoms with van der Waals surface area (Å²) in [7, 11) is 1.74. The molecule has 1 unspecified atom stereocenters. The molecular formula is C17H25BrO. The zero-order valence-corrected chi connectivity index (χ0v) is 14.7. The molecule has 0 amide bonds. The summed E-state index contributed by atoms with van der Waals surface area (Å²) in [4.78, 5) is 0.417. The molecule has 0 radical (unpaired) electrons. The van der Waals surface area contributed by atoms with Gasteiger partial charge >= 0.3 is 0 Å². The molecule has 106 valence electrons. The summed E-state index contributed by atoms with van der Waals surface area (Å²) in [5.74, 6) is 1.69. The lowest BCUT2D eigenvalue weighted by atomic mass is 9.98. The van der Waals surface area contributed by atoms with Crippen molar-refractivity contribution in [2.75, 3.05) is 7.11 Å². The lowest BCUT2D eigenvalue weighted by Gasteiger charge is -2.17. The molecule has 1 aromatic rings. The topological polar surface area (TPSA) is 9.23 Å². The normalized spacial score (nSPS) is 22.1. The van der Waals surface area contributed by atoms with Crippen LogP contribution in [-0.2, 0) is 0 Å². The van der Waals surface area contributed by atoms with Gasteiger partial charge in [-0.3, -0.25) is 0 Å². The minimum absolute atomic E-state index is 0.392. The van der Waals surface area contributed by atoms with E-state index >= 15 is 0 Å². The van der Waals surface area contributed by atoms with Crippen molar-refractivity contribution in [1.29, 1.82) is 0 Å². The molecule has 1 atom stereocenters. The Balaban J connectivity index is 2.34. The van der Waals surface area contributed by atoms with Crippen LogP contribution in [0.2, 0.25) is 0 Å². The molecule has 0 saturated heterocycles. The Hall–Kier alpha value is -0.500. The van der Waals surface area contributed by atoms with Crippen LogP contribution >= 0.6 is 15.9 Å². The first-order chi connectivity index (χ1) is 8.64. The molecule has 0 heterocycles. The van der Waals surface area contributed by atoms with Crippen molar-refractivity contribution < 1.29 is 4.74 Å². The van der Waals surface area contributed by atoms with Gasteiger partial charge in [0, 0.05) is 4.83 Å². The van der Waals surface area contributed by atoms with Gasteiger partial charge in [0.2, 0.25) is 0 Å². The zero-order chi connectivity index (χ0) is 14.6. The van der Waals surface area contributed by atoms with Crippen LogP contribution in [0.3, 0.4) is 0 Å². The number of rotatable bonds is 3. The number of ether oxygens (including phenoxy) is 1. The van der Waals surface area contributed by atoms with Crippen LogP contribution in [-0.4, -0.2) is 7.11 Å². The second kappa shape index (κ2) is 4.51. The third-order valence-corrected chi connectivity index (χ3v) is 6.49. The van der Waals surface area contributed by atoms with Crippen molar-refractivity contribution in [2.45, 2.75) is 46.4 Å². The van der Waals surface area contributed by atoms with E-state index in [1.54, 1.807) is 7.11 Å². The number of aryl methyl sites for hydroxylation is 2. The van der Waals surface area contributed by atoms with Crippen molar-refractivity contribution in [2.24, 2.45) is 16.7 Å². The fraction of sp³-hybridized carbons (Fsp3) is 0.647. The van der Waals surface area contributed by atoms with Crippen LogP contribution in [0.4, 0.5) is 0 Å². The third-order valence-electron chi connectivity index (χ3n) is 5.43. The van der Waals surface area contributed by atoms with E-state index in [9.17, 15) is 0 Å².